The lowest BCUT2D eigenvalue weighted by Gasteiger charge is -2.17. The molecule has 1 aliphatic rings. The Bertz CT molecular complexity index is 971. The van der Waals surface area contributed by atoms with Gasteiger partial charge in [0.1, 0.15) is 11.4 Å². The third-order valence-corrected chi connectivity index (χ3v) is 4.74. The zero-order valence-corrected chi connectivity index (χ0v) is 15.2. The third kappa shape index (κ3) is 3.08. The molecule has 4 rings (SSSR count). The number of phenolic OH excluding ortho intramolecular Hbond substituents is 1. The van der Waals surface area contributed by atoms with Crippen LogP contribution in [0.15, 0.2) is 36.7 Å². The maximum atomic E-state index is 10.3. The van der Waals surface area contributed by atoms with Crippen molar-refractivity contribution in [2.75, 3.05) is 11.9 Å². The van der Waals surface area contributed by atoms with Gasteiger partial charge < -0.3 is 15.2 Å². The van der Waals surface area contributed by atoms with E-state index in [0.717, 1.165) is 22.8 Å². The molecule has 1 aromatic carbocycles. The summed E-state index contributed by atoms with van der Waals surface area (Å²) in [5.41, 5.74) is 2.17. The lowest BCUT2D eigenvalue weighted by atomic mass is 10.0. The topological polar surface area (TPSA) is 80.2 Å². The van der Waals surface area contributed by atoms with E-state index in [1.54, 1.807) is 18.5 Å². The highest BCUT2D eigenvalue weighted by atomic mass is 16.5. The van der Waals surface area contributed by atoms with Gasteiger partial charge in [0.05, 0.1) is 18.2 Å². The van der Waals surface area contributed by atoms with Crippen molar-refractivity contribution in [3.05, 3.63) is 42.2 Å². The van der Waals surface area contributed by atoms with Gasteiger partial charge in [0, 0.05) is 28.7 Å². The van der Waals surface area contributed by atoms with Gasteiger partial charge in [-0.15, -0.1) is 10.2 Å². The van der Waals surface area contributed by atoms with Crippen LogP contribution in [0, 0.1) is 6.92 Å². The molecule has 1 atom stereocenters. The van der Waals surface area contributed by atoms with Crippen LogP contribution in [0.1, 0.15) is 25.8 Å². The van der Waals surface area contributed by atoms with Crippen molar-refractivity contribution >= 4 is 16.6 Å². The minimum absolute atomic E-state index is 0.132. The van der Waals surface area contributed by atoms with E-state index in [2.05, 4.69) is 34.3 Å². The summed E-state index contributed by atoms with van der Waals surface area (Å²) in [5.74, 6) is 0.888. The van der Waals surface area contributed by atoms with Gasteiger partial charge in [-0.1, -0.05) is 6.07 Å². The molecule has 2 N–H and O–H groups in total. The second-order valence-corrected chi connectivity index (χ2v) is 7.46. The quantitative estimate of drug-likeness (QED) is 0.750. The molecule has 6 nitrogen and oxygen atoms in total. The predicted octanol–water partition coefficient (Wildman–Crippen LogP) is 3.69. The molecule has 134 valence electrons. The molecule has 0 bridgehead atoms. The molecule has 2 aromatic heterocycles. The molecule has 6 heteroatoms. The smallest absolute Gasteiger partial charge is 0.158 e. The van der Waals surface area contributed by atoms with Gasteiger partial charge in [-0.25, -0.2) is 0 Å². The molecule has 3 heterocycles. The number of rotatable bonds is 3. The first-order chi connectivity index (χ1) is 12.4. The molecule has 0 amide bonds. The summed E-state index contributed by atoms with van der Waals surface area (Å²) >= 11 is 0. The van der Waals surface area contributed by atoms with Crippen LogP contribution in [0.2, 0.25) is 0 Å². The molecule has 26 heavy (non-hydrogen) atoms. The molecule has 0 aliphatic carbocycles. The van der Waals surface area contributed by atoms with Crippen molar-refractivity contribution in [3.63, 3.8) is 0 Å². The fourth-order valence-corrected chi connectivity index (χ4v) is 3.47. The van der Waals surface area contributed by atoms with Gasteiger partial charge in [-0.3, -0.25) is 4.98 Å². The van der Waals surface area contributed by atoms with Crippen LogP contribution in [-0.4, -0.2) is 38.5 Å². The number of aromatic hydroxyl groups is 1. The Kier molecular flexibility index (Phi) is 4.00. The number of hydrogen-bond donors (Lipinski definition) is 2. The van der Waals surface area contributed by atoms with Crippen LogP contribution in [0.3, 0.4) is 0 Å². The van der Waals surface area contributed by atoms with E-state index in [9.17, 15) is 5.11 Å². The Morgan fingerprint density at radius 1 is 1.19 bits per heavy atom. The van der Waals surface area contributed by atoms with Crippen molar-refractivity contribution in [1.29, 1.82) is 0 Å². The Hall–Kier alpha value is -2.73. The number of hydrogen-bond acceptors (Lipinski definition) is 6. The highest BCUT2D eigenvalue weighted by molar-refractivity contribution is 6.00. The molecule has 0 unspecified atom stereocenters. The number of nitrogens with zero attached hydrogens (tertiary/aromatic N) is 3. The molecule has 1 aliphatic heterocycles. The Balaban J connectivity index is 1.76. The maximum Gasteiger partial charge on any atom is 0.158 e. The van der Waals surface area contributed by atoms with Crippen LogP contribution in [0.5, 0.6) is 5.75 Å². The lowest BCUT2D eigenvalue weighted by molar-refractivity contribution is 0.0363. The van der Waals surface area contributed by atoms with Gasteiger partial charge in [0.2, 0.25) is 0 Å². The summed E-state index contributed by atoms with van der Waals surface area (Å²) in [6.45, 7) is 6.75. The first-order valence-electron chi connectivity index (χ1n) is 8.74. The van der Waals surface area contributed by atoms with Crippen LogP contribution < -0.4 is 5.32 Å². The van der Waals surface area contributed by atoms with Gasteiger partial charge in [-0.2, -0.15) is 0 Å². The van der Waals surface area contributed by atoms with E-state index in [4.69, 9.17) is 4.74 Å². The van der Waals surface area contributed by atoms with Crippen molar-refractivity contribution < 1.29 is 9.84 Å². The molecule has 0 spiro atoms. The molecular weight excluding hydrogens is 328 g/mol. The second-order valence-electron chi connectivity index (χ2n) is 7.46. The average molecular weight is 350 g/mol. The SMILES string of the molecule is Cc1ccc(-c2nnc(N[C@H]3COC(C)(C)C3)c3cnccc23)c(O)c1. The molecule has 0 radical (unpaired) electrons. The number of anilines is 1. The summed E-state index contributed by atoms with van der Waals surface area (Å²) < 4.78 is 5.80. The Morgan fingerprint density at radius 2 is 2.04 bits per heavy atom. The molecule has 0 saturated carbocycles. The average Bonchev–Trinajstić information content (AvgIpc) is 2.94. The zero-order chi connectivity index (χ0) is 18.3. The predicted molar refractivity (Wildman–Crippen MR) is 101 cm³/mol. The number of nitrogens with one attached hydrogen (secondary N) is 1. The van der Waals surface area contributed by atoms with E-state index in [0.29, 0.717) is 23.7 Å². The standard InChI is InChI=1S/C20H22N4O2/c1-12-4-5-15(17(25)8-12)18-14-6-7-21-10-16(14)19(24-23-18)22-13-9-20(2,3)26-11-13/h4-8,10,13,25H,9,11H2,1-3H3,(H,22,24)/t13-/m1/s1. The zero-order valence-electron chi connectivity index (χ0n) is 15.2. The molecular formula is C20H22N4O2. The second kappa shape index (κ2) is 6.21. The van der Waals surface area contributed by atoms with E-state index in [-0.39, 0.29) is 17.4 Å². The van der Waals surface area contributed by atoms with Crippen LogP contribution in [0.4, 0.5) is 5.82 Å². The van der Waals surface area contributed by atoms with E-state index < -0.39 is 0 Å². The lowest BCUT2D eigenvalue weighted by Crippen LogP contribution is -2.23. The maximum absolute atomic E-state index is 10.3. The van der Waals surface area contributed by atoms with Gasteiger partial charge in [-0.05, 0) is 51.0 Å². The highest BCUT2D eigenvalue weighted by Crippen LogP contribution is 2.35. The molecule has 3 aromatic rings. The number of phenols is 1. The first-order valence-corrected chi connectivity index (χ1v) is 8.74. The monoisotopic (exact) mass is 350 g/mol. The molecule has 1 fully saturated rings. The van der Waals surface area contributed by atoms with Crippen molar-refractivity contribution in [2.45, 2.75) is 38.8 Å². The van der Waals surface area contributed by atoms with Crippen LogP contribution in [-0.2, 0) is 4.74 Å². The van der Waals surface area contributed by atoms with Gasteiger partial charge in [0.15, 0.2) is 5.82 Å². The van der Waals surface area contributed by atoms with Gasteiger partial charge >= 0.3 is 0 Å². The number of ether oxygens (including phenoxy) is 1. The van der Waals surface area contributed by atoms with Gasteiger partial charge in [0.25, 0.3) is 0 Å². The minimum atomic E-state index is -0.132. The number of pyridine rings is 1. The Labute approximate surface area is 152 Å². The largest absolute Gasteiger partial charge is 0.507 e. The fourth-order valence-electron chi connectivity index (χ4n) is 3.47. The number of benzene rings is 1. The number of aryl methyl sites for hydroxylation is 1. The minimum Gasteiger partial charge on any atom is -0.507 e. The Morgan fingerprint density at radius 3 is 2.77 bits per heavy atom. The van der Waals surface area contributed by atoms with Crippen molar-refractivity contribution in [2.24, 2.45) is 0 Å². The van der Waals surface area contributed by atoms with Crippen molar-refractivity contribution in [3.8, 4) is 17.0 Å². The first kappa shape index (κ1) is 16.7. The summed E-state index contributed by atoms with van der Waals surface area (Å²) in [6, 6.07) is 7.64. The summed E-state index contributed by atoms with van der Waals surface area (Å²) in [7, 11) is 0. The summed E-state index contributed by atoms with van der Waals surface area (Å²) in [6.07, 6.45) is 4.41. The third-order valence-electron chi connectivity index (χ3n) is 4.74. The van der Waals surface area contributed by atoms with Crippen LogP contribution in [0.25, 0.3) is 22.0 Å². The summed E-state index contributed by atoms with van der Waals surface area (Å²) in [4.78, 5) is 4.25. The number of fused-ring (bicyclic) bond motifs is 1. The number of aromatic nitrogens is 3. The normalized spacial score (nSPS) is 19.0. The van der Waals surface area contributed by atoms with Crippen molar-refractivity contribution in [1.82, 2.24) is 15.2 Å². The highest BCUT2D eigenvalue weighted by Gasteiger charge is 2.32. The van der Waals surface area contributed by atoms with E-state index in [1.807, 2.05) is 25.1 Å². The van der Waals surface area contributed by atoms with Crippen LogP contribution >= 0.6 is 0 Å². The van der Waals surface area contributed by atoms with E-state index in [1.165, 1.54) is 0 Å². The fraction of sp³-hybridized carbons (Fsp3) is 0.350. The molecule has 1 saturated heterocycles. The summed E-state index contributed by atoms with van der Waals surface area (Å²) in [5, 5.41) is 24.4. The van der Waals surface area contributed by atoms with E-state index >= 15 is 0 Å².